The summed E-state index contributed by atoms with van der Waals surface area (Å²) in [6.07, 6.45) is 0. The summed E-state index contributed by atoms with van der Waals surface area (Å²) in [6.45, 7) is 10.8. The van der Waals surface area contributed by atoms with Crippen molar-refractivity contribution in [1.29, 1.82) is 0 Å². The van der Waals surface area contributed by atoms with Crippen molar-refractivity contribution in [3.63, 3.8) is 0 Å². The number of benzene rings is 4. The molecule has 1 aliphatic rings. The molecule has 0 bridgehead atoms. The van der Waals surface area contributed by atoms with E-state index in [9.17, 15) is 0 Å². The maximum atomic E-state index is 6.79. The second-order valence-corrected chi connectivity index (χ2v) is 10.0. The van der Waals surface area contributed by atoms with Crippen molar-refractivity contribution in [2.24, 2.45) is 0 Å². The minimum absolute atomic E-state index is 0.881. The Balaban J connectivity index is 1.65. The predicted molar refractivity (Wildman–Crippen MR) is 135 cm³/mol. The third kappa shape index (κ3) is 3.59. The molecule has 4 aromatic carbocycles. The number of fused-ring (bicyclic) bond motifs is 3. The molecule has 1 atom stereocenters. The van der Waals surface area contributed by atoms with Crippen LogP contribution in [0, 0.1) is 34.6 Å². The molecule has 0 saturated heterocycles. The highest BCUT2D eigenvalue weighted by Gasteiger charge is 2.30. The zero-order chi connectivity index (χ0) is 22.4. The van der Waals surface area contributed by atoms with E-state index in [4.69, 9.17) is 9.05 Å². The topological polar surface area (TPSA) is 18.5 Å². The summed E-state index contributed by atoms with van der Waals surface area (Å²) in [4.78, 5) is 0. The highest BCUT2D eigenvalue weighted by atomic mass is 31.2. The van der Waals surface area contributed by atoms with Crippen LogP contribution >= 0.6 is 8.38 Å². The van der Waals surface area contributed by atoms with Gasteiger partial charge in [-0.25, -0.2) is 0 Å². The first-order chi connectivity index (χ1) is 15.4. The first kappa shape index (κ1) is 20.8. The van der Waals surface area contributed by atoms with Crippen LogP contribution in [-0.4, -0.2) is 0 Å². The summed E-state index contributed by atoms with van der Waals surface area (Å²) in [7, 11) is -1.31. The van der Waals surface area contributed by atoms with Gasteiger partial charge < -0.3 is 9.05 Å². The van der Waals surface area contributed by atoms with E-state index in [2.05, 4.69) is 95.3 Å². The van der Waals surface area contributed by atoms with Crippen LogP contribution in [0.1, 0.15) is 27.8 Å². The molecule has 0 aromatic heterocycles. The minimum atomic E-state index is -1.31. The van der Waals surface area contributed by atoms with Crippen LogP contribution in [-0.2, 0) is 0 Å². The fourth-order valence-corrected chi connectivity index (χ4v) is 6.09. The van der Waals surface area contributed by atoms with Gasteiger partial charge in [-0.05, 0) is 86.2 Å². The van der Waals surface area contributed by atoms with Gasteiger partial charge in [-0.1, -0.05) is 60.2 Å². The smallest absolute Gasteiger partial charge is 0.326 e. The van der Waals surface area contributed by atoms with Crippen molar-refractivity contribution in [3.05, 3.63) is 101 Å². The van der Waals surface area contributed by atoms with Crippen LogP contribution in [0.5, 0.6) is 11.5 Å². The van der Waals surface area contributed by atoms with Crippen molar-refractivity contribution >= 4 is 13.7 Å². The molecule has 5 rings (SSSR count). The fourth-order valence-electron chi connectivity index (χ4n) is 4.51. The molecule has 0 radical (unpaired) electrons. The van der Waals surface area contributed by atoms with E-state index < -0.39 is 8.38 Å². The number of hydrogen-bond donors (Lipinski definition) is 0. The monoisotopic (exact) mass is 438 g/mol. The van der Waals surface area contributed by atoms with Gasteiger partial charge in [0.2, 0.25) is 0 Å². The number of hydrogen-bond acceptors (Lipinski definition) is 2. The van der Waals surface area contributed by atoms with E-state index >= 15 is 0 Å². The van der Waals surface area contributed by atoms with E-state index in [0.29, 0.717) is 0 Å². The zero-order valence-corrected chi connectivity index (χ0v) is 20.1. The summed E-state index contributed by atoms with van der Waals surface area (Å²) in [5.74, 6) is 1.79. The number of rotatable bonds is 3. The van der Waals surface area contributed by atoms with E-state index in [1.165, 1.54) is 33.4 Å². The Morgan fingerprint density at radius 1 is 0.625 bits per heavy atom. The molecule has 1 unspecified atom stereocenters. The quantitative estimate of drug-likeness (QED) is 0.302. The molecule has 4 aromatic rings. The van der Waals surface area contributed by atoms with E-state index in [0.717, 1.165) is 33.5 Å². The van der Waals surface area contributed by atoms with E-state index in [1.54, 1.807) is 0 Å². The summed E-state index contributed by atoms with van der Waals surface area (Å²) >= 11 is 0. The first-order valence-electron chi connectivity index (χ1n) is 11.0. The van der Waals surface area contributed by atoms with Gasteiger partial charge in [-0.2, -0.15) is 0 Å². The highest BCUT2D eigenvalue weighted by molar-refractivity contribution is 7.57. The van der Waals surface area contributed by atoms with Crippen LogP contribution in [0.4, 0.5) is 0 Å². The molecular formula is C29H27O2P. The molecule has 0 spiro atoms. The van der Waals surface area contributed by atoms with Gasteiger partial charge in [0, 0.05) is 11.1 Å². The summed E-state index contributed by atoms with van der Waals surface area (Å²) in [5, 5.41) is 1.12. The minimum Gasteiger partial charge on any atom is -0.435 e. The Hall–Kier alpha value is -3.09. The molecule has 0 fully saturated rings. The molecule has 1 heterocycles. The van der Waals surface area contributed by atoms with Crippen LogP contribution in [0.2, 0.25) is 0 Å². The van der Waals surface area contributed by atoms with Crippen molar-refractivity contribution in [1.82, 2.24) is 0 Å². The molecule has 0 saturated carbocycles. The van der Waals surface area contributed by atoms with Gasteiger partial charge in [-0.15, -0.1) is 0 Å². The normalized spacial score (nSPS) is 14.3. The van der Waals surface area contributed by atoms with Gasteiger partial charge in [0.05, 0.1) is 5.30 Å². The summed E-state index contributed by atoms with van der Waals surface area (Å²) in [6, 6.07) is 25.6. The Kier molecular flexibility index (Phi) is 5.27. The van der Waals surface area contributed by atoms with Crippen LogP contribution in [0.3, 0.4) is 0 Å². The van der Waals surface area contributed by atoms with Gasteiger partial charge in [-0.3, -0.25) is 0 Å². The molecular weight excluding hydrogens is 411 g/mol. The Labute approximate surface area is 191 Å². The van der Waals surface area contributed by atoms with E-state index in [1.807, 2.05) is 12.1 Å². The predicted octanol–water partition coefficient (Wildman–Crippen LogP) is 7.97. The lowest BCUT2D eigenvalue weighted by atomic mass is 9.92. The lowest BCUT2D eigenvalue weighted by molar-refractivity contribution is 0.499. The van der Waals surface area contributed by atoms with Crippen molar-refractivity contribution < 1.29 is 9.05 Å². The van der Waals surface area contributed by atoms with Gasteiger partial charge in [0.1, 0.15) is 11.5 Å². The fraction of sp³-hybridized carbons (Fsp3) is 0.172. The molecule has 3 heteroatoms. The van der Waals surface area contributed by atoms with Gasteiger partial charge in [0.15, 0.2) is 0 Å². The molecule has 0 N–H and O–H groups in total. The maximum absolute atomic E-state index is 6.79. The summed E-state index contributed by atoms with van der Waals surface area (Å²) < 4.78 is 13.2. The van der Waals surface area contributed by atoms with Crippen LogP contribution in [0.15, 0.2) is 72.8 Å². The van der Waals surface area contributed by atoms with Gasteiger partial charge >= 0.3 is 8.38 Å². The molecule has 0 amide bonds. The number of aryl methyl sites for hydroxylation is 4. The highest BCUT2D eigenvalue weighted by Crippen LogP contribution is 2.51. The largest absolute Gasteiger partial charge is 0.435 e. The zero-order valence-electron chi connectivity index (χ0n) is 19.2. The third-order valence-corrected chi connectivity index (χ3v) is 7.65. The van der Waals surface area contributed by atoms with Crippen LogP contribution in [0.25, 0.3) is 22.3 Å². The lowest BCUT2D eigenvalue weighted by Crippen LogP contribution is -2.17. The number of para-hydroxylation sites is 1. The van der Waals surface area contributed by atoms with Crippen molar-refractivity contribution in [3.8, 4) is 33.8 Å². The Morgan fingerprint density at radius 2 is 1.25 bits per heavy atom. The average Bonchev–Trinajstić information content (AvgIpc) is 2.78. The van der Waals surface area contributed by atoms with Gasteiger partial charge in [0.25, 0.3) is 0 Å². The van der Waals surface area contributed by atoms with Crippen molar-refractivity contribution in [2.75, 3.05) is 0 Å². The Morgan fingerprint density at radius 3 is 2.03 bits per heavy atom. The van der Waals surface area contributed by atoms with E-state index in [-0.39, 0.29) is 0 Å². The SMILES string of the molecule is Cc1cc(C)c(C)c(-c2cc(C)cc(C)c2OP2Oc3ccccc3-c3ccccc32)c1. The molecule has 0 aliphatic carbocycles. The van der Waals surface area contributed by atoms with Crippen LogP contribution < -0.4 is 14.4 Å². The molecule has 160 valence electrons. The molecule has 2 nitrogen and oxygen atoms in total. The summed E-state index contributed by atoms with van der Waals surface area (Å²) in [5.41, 5.74) is 10.9. The lowest BCUT2D eigenvalue weighted by Gasteiger charge is -2.28. The third-order valence-electron chi connectivity index (χ3n) is 6.15. The standard InChI is InChI=1S/C29H27O2P/c1-18-14-20(3)22(5)25(16-18)26-17-19(2)15-21(4)29(26)31-32-28-13-9-7-11-24(28)23-10-6-8-12-27(23)30-32/h6-17H,1-5H3. The molecule has 32 heavy (non-hydrogen) atoms. The van der Waals surface area contributed by atoms with Crippen molar-refractivity contribution in [2.45, 2.75) is 34.6 Å². The Bertz CT molecular complexity index is 1340. The maximum Gasteiger partial charge on any atom is 0.326 e. The second-order valence-electron chi connectivity index (χ2n) is 8.67. The average molecular weight is 439 g/mol. The molecule has 1 aliphatic heterocycles. The first-order valence-corrected chi connectivity index (χ1v) is 12.1. The second kappa shape index (κ2) is 8.11.